The topological polar surface area (TPSA) is 47.3 Å². The van der Waals surface area contributed by atoms with Crippen LogP contribution < -0.4 is 0 Å². The summed E-state index contributed by atoms with van der Waals surface area (Å²) in [6.45, 7) is 0. The maximum Gasteiger partial charge on any atom is 0.170 e. The molecule has 0 aliphatic heterocycles. The van der Waals surface area contributed by atoms with Gasteiger partial charge in [-0.15, -0.1) is 0 Å². The lowest BCUT2D eigenvalue weighted by atomic mass is 10.1. The van der Waals surface area contributed by atoms with Gasteiger partial charge in [-0.3, -0.25) is 4.79 Å². The van der Waals surface area contributed by atoms with E-state index in [-0.39, 0.29) is 10.7 Å². The van der Waals surface area contributed by atoms with Crippen LogP contribution in [0.2, 0.25) is 5.02 Å². The van der Waals surface area contributed by atoms with Crippen LogP contribution in [0.1, 0.15) is 10.5 Å². The van der Waals surface area contributed by atoms with Gasteiger partial charge in [-0.25, -0.2) is 13.9 Å². The summed E-state index contributed by atoms with van der Waals surface area (Å²) < 4.78 is 15.0. The van der Waals surface area contributed by atoms with E-state index in [9.17, 15) is 9.18 Å². The van der Waals surface area contributed by atoms with Crippen molar-refractivity contribution in [2.75, 3.05) is 0 Å². The van der Waals surface area contributed by atoms with Gasteiger partial charge in [0.05, 0.1) is 5.02 Å². The number of hydrogen-bond donors (Lipinski definition) is 0. The van der Waals surface area contributed by atoms with E-state index in [0.29, 0.717) is 23.2 Å². The molecule has 4 nitrogen and oxygen atoms in total. The third-order valence-corrected chi connectivity index (χ3v) is 3.03. The van der Waals surface area contributed by atoms with Gasteiger partial charge in [0.15, 0.2) is 11.9 Å². The molecule has 0 aliphatic carbocycles. The van der Waals surface area contributed by atoms with Gasteiger partial charge in [-0.2, -0.15) is 5.10 Å². The summed E-state index contributed by atoms with van der Waals surface area (Å²) in [6, 6.07) is 7.74. The van der Waals surface area contributed by atoms with Crippen LogP contribution in [0, 0.1) is 5.82 Å². The van der Waals surface area contributed by atoms with Crippen molar-refractivity contribution in [3.05, 3.63) is 53.1 Å². The summed E-state index contributed by atoms with van der Waals surface area (Å²) in [6.07, 6.45) is 2.19. The first kappa shape index (κ1) is 11.8. The summed E-state index contributed by atoms with van der Waals surface area (Å²) in [7, 11) is 0. The Morgan fingerprint density at radius 2 is 2.16 bits per heavy atom. The van der Waals surface area contributed by atoms with E-state index in [0.717, 1.165) is 0 Å². The van der Waals surface area contributed by atoms with Gasteiger partial charge in [-0.05, 0) is 24.3 Å². The average Bonchev–Trinajstić information content (AvgIpc) is 2.80. The van der Waals surface area contributed by atoms with Crippen molar-refractivity contribution < 1.29 is 9.18 Å². The number of carbonyl (C=O) groups excluding carboxylic acids is 1. The Bertz CT molecular complexity index is 785. The van der Waals surface area contributed by atoms with Gasteiger partial charge in [-0.1, -0.05) is 17.7 Å². The van der Waals surface area contributed by atoms with Crippen molar-refractivity contribution in [2.24, 2.45) is 0 Å². The van der Waals surface area contributed by atoms with E-state index >= 15 is 0 Å². The summed E-state index contributed by atoms with van der Waals surface area (Å²) >= 11 is 5.65. The first-order valence-electron chi connectivity index (χ1n) is 5.45. The highest BCUT2D eigenvalue weighted by molar-refractivity contribution is 6.30. The first-order valence-corrected chi connectivity index (χ1v) is 5.83. The number of aldehydes is 1. The van der Waals surface area contributed by atoms with Crippen molar-refractivity contribution in [3.8, 4) is 11.3 Å². The number of aromatic nitrogens is 3. The molecule has 3 aromatic rings. The van der Waals surface area contributed by atoms with Gasteiger partial charge in [0.2, 0.25) is 0 Å². The van der Waals surface area contributed by atoms with Crippen LogP contribution in [0.4, 0.5) is 4.39 Å². The molecule has 0 spiro atoms. The lowest BCUT2D eigenvalue weighted by Gasteiger charge is -2.03. The molecular weight excluding hydrogens is 269 g/mol. The largest absolute Gasteiger partial charge is 0.296 e. The lowest BCUT2D eigenvalue weighted by Crippen LogP contribution is -1.95. The van der Waals surface area contributed by atoms with E-state index in [2.05, 4.69) is 10.1 Å². The predicted octanol–water partition coefficient (Wildman–Crippen LogP) is 3.00. The fourth-order valence-corrected chi connectivity index (χ4v) is 2.02. The fourth-order valence-electron chi connectivity index (χ4n) is 1.90. The first-order chi connectivity index (χ1) is 9.20. The summed E-state index contributed by atoms with van der Waals surface area (Å²) in [4.78, 5) is 15.2. The maximum atomic E-state index is 13.5. The minimum absolute atomic E-state index is 0.0261. The van der Waals surface area contributed by atoms with Crippen LogP contribution in [0.15, 0.2) is 36.5 Å². The van der Waals surface area contributed by atoms with Crippen LogP contribution in [0.3, 0.4) is 0 Å². The van der Waals surface area contributed by atoms with E-state index in [1.165, 1.54) is 16.6 Å². The van der Waals surface area contributed by atoms with E-state index in [1.807, 2.05) is 0 Å². The molecule has 0 amide bonds. The highest BCUT2D eigenvalue weighted by Gasteiger charge is 2.15. The Morgan fingerprint density at radius 1 is 1.32 bits per heavy atom. The number of nitrogens with zero attached hydrogens (tertiary/aromatic N) is 3. The fraction of sp³-hybridized carbons (Fsp3) is 0. The molecule has 0 fully saturated rings. The predicted molar refractivity (Wildman–Crippen MR) is 68.8 cm³/mol. The van der Waals surface area contributed by atoms with Crippen LogP contribution in [-0.4, -0.2) is 20.9 Å². The van der Waals surface area contributed by atoms with Crippen LogP contribution >= 0.6 is 11.6 Å². The second-order valence-electron chi connectivity index (χ2n) is 3.89. The number of carbonyl (C=O) groups is 1. The molecule has 0 saturated carbocycles. The Balaban J connectivity index is 2.34. The van der Waals surface area contributed by atoms with Crippen molar-refractivity contribution in [1.82, 2.24) is 14.6 Å². The van der Waals surface area contributed by atoms with Gasteiger partial charge < -0.3 is 0 Å². The highest BCUT2D eigenvalue weighted by Crippen LogP contribution is 2.26. The Kier molecular flexibility index (Phi) is 2.76. The number of imidazole rings is 1. The highest BCUT2D eigenvalue weighted by atomic mass is 35.5. The third kappa shape index (κ3) is 1.88. The monoisotopic (exact) mass is 275 g/mol. The Labute approximate surface area is 112 Å². The second-order valence-corrected chi connectivity index (χ2v) is 4.29. The lowest BCUT2D eigenvalue weighted by molar-refractivity contribution is 0.112. The molecule has 0 N–H and O–H groups in total. The van der Waals surface area contributed by atoms with Crippen molar-refractivity contribution in [2.45, 2.75) is 0 Å². The number of benzene rings is 1. The molecule has 0 aliphatic rings. The molecule has 3 rings (SSSR count). The second kappa shape index (κ2) is 4.44. The van der Waals surface area contributed by atoms with Gasteiger partial charge in [0.25, 0.3) is 0 Å². The molecule has 0 radical (unpaired) electrons. The summed E-state index contributed by atoms with van der Waals surface area (Å²) in [5, 5.41) is 4.14. The minimum Gasteiger partial charge on any atom is -0.296 e. The van der Waals surface area contributed by atoms with E-state index < -0.39 is 5.82 Å². The van der Waals surface area contributed by atoms with Crippen LogP contribution in [0.25, 0.3) is 16.9 Å². The number of rotatable bonds is 2. The van der Waals surface area contributed by atoms with E-state index in [1.54, 1.807) is 24.4 Å². The summed E-state index contributed by atoms with van der Waals surface area (Å²) in [5.41, 5.74) is 1.67. The molecule has 0 atom stereocenters. The molecular formula is C13H7ClFN3O. The van der Waals surface area contributed by atoms with E-state index in [4.69, 9.17) is 11.6 Å². The average molecular weight is 276 g/mol. The van der Waals surface area contributed by atoms with Gasteiger partial charge in [0, 0.05) is 11.8 Å². The van der Waals surface area contributed by atoms with Crippen molar-refractivity contribution >= 4 is 23.5 Å². The maximum absolute atomic E-state index is 13.5. The van der Waals surface area contributed by atoms with Gasteiger partial charge >= 0.3 is 0 Å². The van der Waals surface area contributed by atoms with Crippen LogP contribution in [0.5, 0.6) is 0 Å². The molecule has 0 unspecified atom stereocenters. The zero-order valence-corrected chi connectivity index (χ0v) is 10.3. The van der Waals surface area contributed by atoms with Crippen LogP contribution in [-0.2, 0) is 0 Å². The zero-order valence-electron chi connectivity index (χ0n) is 9.55. The Morgan fingerprint density at radius 3 is 2.89 bits per heavy atom. The molecule has 2 aromatic heterocycles. The molecule has 2 heterocycles. The molecule has 94 valence electrons. The normalized spacial score (nSPS) is 10.8. The van der Waals surface area contributed by atoms with Crippen molar-refractivity contribution in [3.63, 3.8) is 0 Å². The summed E-state index contributed by atoms with van der Waals surface area (Å²) in [5.74, 6) is -0.554. The molecule has 0 bridgehead atoms. The minimum atomic E-state index is -0.554. The zero-order chi connectivity index (χ0) is 13.4. The molecule has 6 heteroatoms. The molecule has 19 heavy (non-hydrogen) atoms. The molecule has 1 aromatic carbocycles. The molecule has 0 saturated heterocycles. The number of halogens is 2. The number of hydrogen-bond acceptors (Lipinski definition) is 3. The number of fused-ring (bicyclic) bond motifs is 1. The standard InChI is InChI=1S/C13H7ClFN3O/c14-9-4-3-8(6-10(9)15)13-11(7-19)17-12-2-1-5-16-18(12)13/h1-7H. The Hall–Kier alpha value is -2.27. The SMILES string of the molecule is O=Cc1nc2cccnn2c1-c1ccc(Cl)c(F)c1. The smallest absolute Gasteiger partial charge is 0.170 e. The quantitative estimate of drug-likeness (QED) is 0.676. The van der Waals surface area contributed by atoms with Crippen molar-refractivity contribution in [1.29, 1.82) is 0 Å². The van der Waals surface area contributed by atoms with Gasteiger partial charge in [0.1, 0.15) is 17.2 Å². The third-order valence-electron chi connectivity index (χ3n) is 2.72.